The molecule has 0 spiro atoms. The molecule has 3 aromatic heterocycles. The van der Waals surface area contributed by atoms with Gasteiger partial charge in [-0.3, -0.25) is 9.78 Å². The Labute approximate surface area is 215 Å². The second-order valence-corrected chi connectivity index (χ2v) is 9.69. The van der Waals surface area contributed by atoms with Crippen molar-refractivity contribution in [2.75, 3.05) is 18.9 Å². The zero-order chi connectivity index (χ0) is 25.9. The topological polar surface area (TPSA) is 106 Å². The van der Waals surface area contributed by atoms with Crippen LogP contribution in [0.25, 0.3) is 22.2 Å². The van der Waals surface area contributed by atoms with E-state index in [4.69, 9.17) is 0 Å². The van der Waals surface area contributed by atoms with Gasteiger partial charge in [0, 0.05) is 55.1 Å². The summed E-state index contributed by atoms with van der Waals surface area (Å²) in [7, 11) is 1.53. The van der Waals surface area contributed by atoms with Crippen LogP contribution < -0.4 is 10.6 Å². The first-order valence-electron chi connectivity index (χ1n) is 12.6. The Bertz CT molecular complexity index is 1420. The molecule has 190 valence electrons. The number of fused-ring (bicyclic) bond motifs is 1. The van der Waals surface area contributed by atoms with Crippen molar-refractivity contribution in [3.8, 4) is 11.3 Å². The van der Waals surface area contributed by atoms with E-state index >= 15 is 0 Å². The van der Waals surface area contributed by atoms with Gasteiger partial charge >= 0.3 is 0 Å². The number of rotatable bonds is 8. The van der Waals surface area contributed by atoms with E-state index in [1.807, 2.05) is 18.5 Å². The second kappa shape index (κ2) is 10.5. The summed E-state index contributed by atoms with van der Waals surface area (Å²) in [6.07, 6.45) is 10.3. The van der Waals surface area contributed by atoms with Gasteiger partial charge in [-0.1, -0.05) is 26.3 Å². The van der Waals surface area contributed by atoms with Crippen LogP contribution in [-0.2, 0) is 0 Å². The number of pyridine rings is 1. The molecule has 5 rings (SSSR count). The summed E-state index contributed by atoms with van der Waals surface area (Å²) in [4.78, 5) is 34.6. The van der Waals surface area contributed by atoms with E-state index in [9.17, 15) is 9.18 Å². The highest BCUT2D eigenvalue weighted by atomic mass is 19.1. The molecule has 2 N–H and O–H groups in total. The summed E-state index contributed by atoms with van der Waals surface area (Å²) in [6, 6.07) is 6.61. The van der Waals surface area contributed by atoms with Crippen LogP contribution in [-0.4, -0.2) is 44.4 Å². The lowest BCUT2D eigenvalue weighted by Gasteiger charge is -2.23. The van der Waals surface area contributed by atoms with Crippen molar-refractivity contribution in [1.82, 2.24) is 30.2 Å². The summed E-state index contributed by atoms with van der Waals surface area (Å²) < 4.78 is 14.8. The van der Waals surface area contributed by atoms with Gasteiger partial charge in [-0.05, 0) is 42.4 Å². The predicted octanol–water partition coefficient (Wildman–Crippen LogP) is 5.10. The molecule has 2 atom stereocenters. The van der Waals surface area contributed by atoms with Gasteiger partial charge in [0.1, 0.15) is 23.8 Å². The maximum atomic E-state index is 14.8. The first kappa shape index (κ1) is 24.7. The summed E-state index contributed by atoms with van der Waals surface area (Å²) in [5.74, 6) is 1.50. The number of carbonyl (C=O) groups is 1. The van der Waals surface area contributed by atoms with Crippen LogP contribution >= 0.6 is 0 Å². The number of benzene rings is 1. The smallest absolute Gasteiger partial charge is 0.251 e. The Balaban J connectivity index is 1.31. The molecule has 8 nitrogen and oxygen atoms in total. The lowest BCUT2D eigenvalue weighted by molar-refractivity contribution is 0.0964. The van der Waals surface area contributed by atoms with E-state index in [1.54, 1.807) is 18.3 Å². The third kappa shape index (κ3) is 4.98. The number of nitrogens with zero attached hydrogens (tertiary/aromatic N) is 5. The number of anilines is 1. The Morgan fingerprint density at radius 3 is 2.57 bits per heavy atom. The third-order valence-electron chi connectivity index (χ3n) is 7.40. The van der Waals surface area contributed by atoms with Crippen molar-refractivity contribution in [2.45, 2.75) is 44.9 Å². The number of aromatic nitrogens is 5. The van der Waals surface area contributed by atoms with Gasteiger partial charge in [0.2, 0.25) is 0 Å². The maximum Gasteiger partial charge on any atom is 0.251 e. The molecule has 1 fully saturated rings. The first-order valence-corrected chi connectivity index (χ1v) is 12.6. The van der Waals surface area contributed by atoms with Crippen LogP contribution in [0.1, 0.15) is 66.7 Å². The standard InChI is InChI=1S/C28H30FN7O/c1-16(17(2)20-7-8-22(29)25-21(28(37)30-3)9-10-31-26(20)25)12-32-24-11-23(35-15-36-24)19-13-33-27(34-14-19)18-5-4-6-18/h7-11,13-18H,4-6,12H2,1-3H3,(H,30,37)(H,32,35,36)/t16-,17?/m1/s1. The summed E-state index contributed by atoms with van der Waals surface area (Å²) in [6.45, 7) is 4.83. The van der Waals surface area contributed by atoms with Crippen LogP contribution in [0.5, 0.6) is 0 Å². The molecule has 3 heterocycles. The number of halogens is 1. The monoisotopic (exact) mass is 499 g/mol. The van der Waals surface area contributed by atoms with E-state index in [1.165, 1.54) is 25.9 Å². The molecule has 1 aromatic carbocycles. The van der Waals surface area contributed by atoms with Gasteiger partial charge in [-0.2, -0.15) is 0 Å². The highest BCUT2D eigenvalue weighted by Gasteiger charge is 2.23. The fraction of sp³-hybridized carbons (Fsp3) is 0.357. The Kier molecular flexibility index (Phi) is 7.03. The van der Waals surface area contributed by atoms with Crippen molar-refractivity contribution in [2.24, 2.45) is 5.92 Å². The fourth-order valence-corrected chi connectivity index (χ4v) is 4.65. The van der Waals surface area contributed by atoms with Gasteiger partial charge in [0.05, 0.1) is 16.8 Å². The zero-order valence-corrected chi connectivity index (χ0v) is 21.2. The minimum atomic E-state index is -0.457. The second-order valence-electron chi connectivity index (χ2n) is 9.69. The molecule has 4 aromatic rings. The van der Waals surface area contributed by atoms with Gasteiger partial charge in [0.15, 0.2) is 0 Å². The number of nitrogens with one attached hydrogen (secondary N) is 2. The number of carbonyl (C=O) groups excluding carboxylic acids is 1. The van der Waals surface area contributed by atoms with Crippen molar-refractivity contribution in [3.05, 3.63) is 72.0 Å². The quantitative estimate of drug-likeness (QED) is 0.347. The molecule has 1 amide bonds. The van der Waals surface area contributed by atoms with Crippen molar-refractivity contribution in [1.29, 1.82) is 0 Å². The van der Waals surface area contributed by atoms with Crippen LogP contribution in [0, 0.1) is 11.7 Å². The SMILES string of the molecule is CNC(=O)c1ccnc2c(C(C)[C@H](C)CNc3cc(-c4cnc(C5CCC5)nc4)ncn3)ccc(F)c12. The van der Waals surface area contributed by atoms with Gasteiger partial charge in [0.25, 0.3) is 5.91 Å². The highest BCUT2D eigenvalue weighted by molar-refractivity contribution is 6.06. The minimum absolute atomic E-state index is 0.0387. The minimum Gasteiger partial charge on any atom is -0.370 e. The Morgan fingerprint density at radius 1 is 1.08 bits per heavy atom. The normalized spacial score (nSPS) is 15.1. The first-order chi connectivity index (χ1) is 18.0. The zero-order valence-electron chi connectivity index (χ0n) is 21.2. The number of hydrogen-bond acceptors (Lipinski definition) is 7. The summed E-state index contributed by atoms with van der Waals surface area (Å²) in [5.41, 5.74) is 3.29. The molecule has 37 heavy (non-hydrogen) atoms. The lowest BCUT2D eigenvalue weighted by atomic mass is 9.85. The highest BCUT2D eigenvalue weighted by Crippen LogP contribution is 2.35. The van der Waals surface area contributed by atoms with Crippen LogP contribution in [0.4, 0.5) is 10.2 Å². The molecule has 1 aliphatic carbocycles. The largest absolute Gasteiger partial charge is 0.370 e. The number of hydrogen-bond donors (Lipinski definition) is 2. The predicted molar refractivity (Wildman–Crippen MR) is 141 cm³/mol. The van der Waals surface area contributed by atoms with E-state index in [0.717, 1.165) is 35.5 Å². The van der Waals surface area contributed by atoms with E-state index in [-0.39, 0.29) is 28.7 Å². The molecule has 0 aliphatic heterocycles. The van der Waals surface area contributed by atoms with Crippen LogP contribution in [0.15, 0.2) is 49.2 Å². The Morgan fingerprint density at radius 2 is 1.86 bits per heavy atom. The molecular formula is C28H30FN7O. The van der Waals surface area contributed by atoms with Crippen LogP contribution in [0.3, 0.4) is 0 Å². The third-order valence-corrected chi connectivity index (χ3v) is 7.40. The van der Waals surface area contributed by atoms with E-state index in [0.29, 0.717) is 23.8 Å². The molecule has 1 aliphatic rings. The summed E-state index contributed by atoms with van der Waals surface area (Å²) in [5, 5.41) is 6.22. The average Bonchev–Trinajstić information content (AvgIpc) is 2.90. The van der Waals surface area contributed by atoms with Gasteiger partial charge < -0.3 is 10.6 Å². The van der Waals surface area contributed by atoms with Crippen LogP contribution in [0.2, 0.25) is 0 Å². The van der Waals surface area contributed by atoms with Crippen molar-refractivity contribution >= 4 is 22.6 Å². The maximum absolute atomic E-state index is 14.8. The van der Waals surface area contributed by atoms with E-state index in [2.05, 4.69) is 49.4 Å². The van der Waals surface area contributed by atoms with Gasteiger partial charge in [-0.25, -0.2) is 24.3 Å². The molecule has 0 radical (unpaired) electrons. The van der Waals surface area contributed by atoms with Crippen molar-refractivity contribution in [3.63, 3.8) is 0 Å². The molecule has 0 saturated heterocycles. The molecule has 1 saturated carbocycles. The summed E-state index contributed by atoms with van der Waals surface area (Å²) >= 11 is 0. The fourth-order valence-electron chi connectivity index (χ4n) is 4.65. The molecule has 0 bridgehead atoms. The van der Waals surface area contributed by atoms with Crippen molar-refractivity contribution < 1.29 is 9.18 Å². The average molecular weight is 500 g/mol. The Hall–Kier alpha value is -4.01. The lowest BCUT2D eigenvalue weighted by Crippen LogP contribution is -2.20. The molecule has 9 heteroatoms. The molecular weight excluding hydrogens is 469 g/mol. The number of amides is 1. The molecule has 1 unspecified atom stereocenters. The van der Waals surface area contributed by atoms with E-state index < -0.39 is 5.82 Å². The van der Waals surface area contributed by atoms with Gasteiger partial charge in [-0.15, -0.1) is 0 Å².